The lowest BCUT2D eigenvalue weighted by Gasteiger charge is -2.26. The predicted octanol–water partition coefficient (Wildman–Crippen LogP) is 3.47. The third kappa shape index (κ3) is 2.44. The molecular weight excluding hydrogens is 288 g/mol. The highest BCUT2D eigenvalue weighted by Gasteiger charge is 2.58. The number of hydrogen-bond acceptors (Lipinski definition) is 3. The molecule has 5 unspecified atom stereocenters. The molecule has 5 atom stereocenters. The van der Waals surface area contributed by atoms with Gasteiger partial charge in [-0.2, -0.15) is 0 Å². The summed E-state index contributed by atoms with van der Waals surface area (Å²) in [4.78, 5) is 25.4. The number of rotatable bonds is 0. The molecule has 3 aliphatic carbocycles. The van der Waals surface area contributed by atoms with E-state index in [9.17, 15) is 14.7 Å². The minimum absolute atomic E-state index is 0.00210. The number of hydrogen-bond donors (Lipinski definition) is 1. The fourth-order valence-electron chi connectivity index (χ4n) is 4.80. The Balaban J connectivity index is 2.05. The molecule has 23 heavy (non-hydrogen) atoms. The Morgan fingerprint density at radius 3 is 2.48 bits per heavy atom. The van der Waals surface area contributed by atoms with Crippen LogP contribution in [0.4, 0.5) is 0 Å². The Bertz CT molecular complexity index is 625. The molecule has 3 rings (SSSR count). The summed E-state index contributed by atoms with van der Waals surface area (Å²) < 4.78 is 0. The first kappa shape index (κ1) is 16.6. The molecule has 0 aromatic rings. The summed E-state index contributed by atoms with van der Waals surface area (Å²) in [7, 11) is 0. The van der Waals surface area contributed by atoms with Gasteiger partial charge in [0.15, 0.2) is 5.78 Å². The van der Waals surface area contributed by atoms with Gasteiger partial charge in [-0.05, 0) is 55.9 Å². The number of carbonyl (C=O) groups excluding carboxylic acids is 2. The molecule has 0 aliphatic heterocycles. The van der Waals surface area contributed by atoms with E-state index in [0.717, 1.165) is 18.4 Å². The summed E-state index contributed by atoms with van der Waals surface area (Å²) in [5, 5.41) is 11.1. The normalized spacial score (nSPS) is 47.6. The van der Waals surface area contributed by atoms with Crippen LogP contribution in [-0.4, -0.2) is 22.3 Å². The largest absolute Gasteiger partial charge is 0.381 e. The molecule has 3 aliphatic rings. The fraction of sp³-hybridized carbons (Fsp3) is 0.700. The Hall–Kier alpha value is -1.22. The van der Waals surface area contributed by atoms with Crippen LogP contribution in [0, 0.1) is 29.1 Å². The third-order valence-corrected chi connectivity index (χ3v) is 6.55. The number of carbonyl (C=O) groups is 2. The van der Waals surface area contributed by atoms with E-state index in [1.165, 1.54) is 0 Å². The number of allylic oxidation sites excluding steroid dienone is 2. The summed E-state index contributed by atoms with van der Waals surface area (Å²) in [6.45, 7) is 10.1. The molecule has 0 heterocycles. The molecule has 0 aromatic heterocycles. The average Bonchev–Trinajstić information content (AvgIpc) is 2.90. The average molecular weight is 316 g/mol. The molecule has 3 nitrogen and oxygen atoms in total. The zero-order valence-electron chi connectivity index (χ0n) is 14.8. The fourth-order valence-corrected chi connectivity index (χ4v) is 4.80. The number of ketones is 2. The first-order chi connectivity index (χ1) is 10.6. The molecule has 2 saturated carbocycles. The van der Waals surface area contributed by atoms with E-state index in [2.05, 4.69) is 19.9 Å². The van der Waals surface area contributed by atoms with Crippen molar-refractivity contribution in [1.29, 1.82) is 0 Å². The smallest absolute Gasteiger partial charge is 0.190 e. The van der Waals surface area contributed by atoms with Gasteiger partial charge >= 0.3 is 0 Å². The lowest BCUT2D eigenvalue weighted by molar-refractivity contribution is -0.138. The molecular formula is C20H28O3. The molecule has 3 heteroatoms. The molecule has 126 valence electrons. The van der Waals surface area contributed by atoms with Crippen LogP contribution < -0.4 is 0 Å². The van der Waals surface area contributed by atoms with Gasteiger partial charge in [0.05, 0.1) is 5.92 Å². The van der Waals surface area contributed by atoms with Crippen molar-refractivity contribution in [2.75, 3.05) is 0 Å². The van der Waals surface area contributed by atoms with Crippen LogP contribution in [0.1, 0.15) is 53.9 Å². The van der Waals surface area contributed by atoms with Gasteiger partial charge in [-0.1, -0.05) is 38.5 Å². The summed E-state index contributed by atoms with van der Waals surface area (Å²) >= 11 is 0. The second kappa shape index (κ2) is 5.14. The molecule has 0 aromatic carbocycles. The van der Waals surface area contributed by atoms with Crippen LogP contribution in [0.2, 0.25) is 0 Å². The quantitative estimate of drug-likeness (QED) is 0.696. The summed E-state index contributed by atoms with van der Waals surface area (Å²) in [5.74, 6) is -0.232. The molecule has 1 N–H and O–H groups in total. The van der Waals surface area contributed by atoms with Crippen LogP contribution in [-0.2, 0) is 9.59 Å². The van der Waals surface area contributed by atoms with Gasteiger partial charge in [0, 0.05) is 5.92 Å². The Morgan fingerprint density at radius 2 is 1.83 bits per heavy atom. The minimum Gasteiger partial charge on any atom is -0.381 e. The monoisotopic (exact) mass is 316 g/mol. The van der Waals surface area contributed by atoms with E-state index in [-0.39, 0.29) is 29.3 Å². The van der Waals surface area contributed by atoms with Crippen molar-refractivity contribution in [2.45, 2.75) is 59.5 Å². The first-order valence-corrected chi connectivity index (χ1v) is 8.75. The van der Waals surface area contributed by atoms with E-state index < -0.39 is 11.5 Å². The molecule has 0 amide bonds. The van der Waals surface area contributed by atoms with Gasteiger partial charge in [-0.25, -0.2) is 0 Å². The van der Waals surface area contributed by atoms with Gasteiger partial charge in [0.2, 0.25) is 0 Å². The summed E-state index contributed by atoms with van der Waals surface area (Å²) in [5.41, 5.74) is 0.400. The van der Waals surface area contributed by atoms with Crippen molar-refractivity contribution in [1.82, 2.24) is 0 Å². The van der Waals surface area contributed by atoms with Crippen LogP contribution >= 0.6 is 0 Å². The van der Waals surface area contributed by atoms with Crippen molar-refractivity contribution in [3.63, 3.8) is 0 Å². The van der Waals surface area contributed by atoms with Crippen LogP contribution in [0.25, 0.3) is 0 Å². The first-order valence-electron chi connectivity index (χ1n) is 8.75. The van der Waals surface area contributed by atoms with Gasteiger partial charge in [-0.15, -0.1) is 0 Å². The second-order valence-corrected chi connectivity index (χ2v) is 8.59. The lowest BCUT2D eigenvalue weighted by Crippen LogP contribution is -2.43. The molecule has 0 radical (unpaired) electrons. The van der Waals surface area contributed by atoms with Crippen molar-refractivity contribution >= 4 is 11.6 Å². The van der Waals surface area contributed by atoms with Crippen molar-refractivity contribution in [3.05, 3.63) is 23.3 Å². The van der Waals surface area contributed by atoms with Crippen molar-refractivity contribution in [3.8, 4) is 0 Å². The predicted molar refractivity (Wildman–Crippen MR) is 89.7 cm³/mol. The maximum Gasteiger partial charge on any atom is 0.190 e. The van der Waals surface area contributed by atoms with Crippen LogP contribution in [0.3, 0.4) is 0 Å². The highest BCUT2D eigenvalue weighted by molar-refractivity contribution is 6.07. The van der Waals surface area contributed by atoms with Gasteiger partial charge in [0.1, 0.15) is 11.4 Å². The van der Waals surface area contributed by atoms with E-state index >= 15 is 0 Å². The second-order valence-electron chi connectivity index (χ2n) is 8.59. The lowest BCUT2D eigenvalue weighted by atomic mass is 9.82. The molecule has 0 spiro atoms. The summed E-state index contributed by atoms with van der Waals surface area (Å²) in [6, 6.07) is 0. The standard InChI is InChI=1S/C20H28O3/c1-11-6-7-14-15(19(14,4)5)9-12(2)18(22)20(23)10-13(3)17(21)16(20)8-11/h8-9,13-16,23H,6-7,10H2,1-5H3/b11-8-,12-9-. The Kier molecular flexibility index (Phi) is 3.72. The number of aliphatic hydroxyl groups is 1. The Labute approximate surface area is 138 Å². The zero-order valence-corrected chi connectivity index (χ0v) is 14.8. The highest BCUT2D eigenvalue weighted by atomic mass is 16.3. The molecule has 0 bridgehead atoms. The summed E-state index contributed by atoms with van der Waals surface area (Å²) in [6.07, 6.45) is 6.16. The number of Topliss-reactive ketones (excluding diaryl/α,β-unsaturated/α-hetero) is 2. The SMILES string of the molecule is C/C1=C/C2C(=O)C(C)CC2(O)C(=O)/C(C)=C\C2C(CC1)C2(C)C. The maximum atomic E-state index is 13.0. The zero-order chi connectivity index (χ0) is 17.2. The number of fused-ring (bicyclic) bond motifs is 2. The van der Waals surface area contributed by atoms with E-state index in [1.54, 1.807) is 6.92 Å². The minimum atomic E-state index is -1.56. The maximum absolute atomic E-state index is 13.0. The van der Waals surface area contributed by atoms with E-state index in [1.807, 2.05) is 19.9 Å². The molecule has 2 fully saturated rings. The molecule has 0 saturated heterocycles. The van der Waals surface area contributed by atoms with E-state index in [4.69, 9.17) is 0 Å². The third-order valence-electron chi connectivity index (χ3n) is 6.55. The Morgan fingerprint density at radius 1 is 1.17 bits per heavy atom. The topological polar surface area (TPSA) is 54.4 Å². The van der Waals surface area contributed by atoms with E-state index in [0.29, 0.717) is 17.4 Å². The van der Waals surface area contributed by atoms with Gasteiger partial charge < -0.3 is 5.11 Å². The van der Waals surface area contributed by atoms with Crippen LogP contribution in [0.5, 0.6) is 0 Å². The van der Waals surface area contributed by atoms with Crippen LogP contribution in [0.15, 0.2) is 23.3 Å². The highest BCUT2D eigenvalue weighted by Crippen LogP contribution is 2.62. The van der Waals surface area contributed by atoms with Crippen molar-refractivity contribution in [2.24, 2.45) is 29.1 Å². The van der Waals surface area contributed by atoms with Crippen molar-refractivity contribution < 1.29 is 14.7 Å². The van der Waals surface area contributed by atoms with Gasteiger partial charge in [-0.3, -0.25) is 9.59 Å². The van der Waals surface area contributed by atoms with Gasteiger partial charge in [0.25, 0.3) is 0 Å².